The minimum absolute atomic E-state index is 0.0555. The van der Waals surface area contributed by atoms with Crippen molar-refractivity contribution in [2.75, 3.05) is 18.0 Å². The summed E-state index contributed by atoms with van der Waals surface area (Å²) in [5.74, 6) is 0.0555. The highest BCUT2D eigenvalue weighted by molar-refractivity contribution is 6.06. The first kappa shape index (κ1) is 14.7. The van der Waals surface area contributed by atoms with E-state index in [-0.39, 0.29) is 11.9 Å². The van der Waals surface area contributed by atoms with E-state index in [2.05, 4.69) is 10.3 Å². The smallest absolute Gasteiger partial charge is 0.258 e. The average molecular weight is 295 g/mol. The summed E-state index contributed by atoms with van der Waals surface area (Å²) in [6, 6.07) is 11.8. The number of benzene rings is 1. The quantitative estimate of drug-likeness (QED) is 0.947. The van der Waals surface area contributed by atoms with E-state index >= 15 is 0 Å². The van der Waals surface area contributed by atoms with Gasteiger partial charge in [0.15, 0.2) is 0 Å². The number of nitrogens with zero attached hydrogens (tertiary/aromatic N) is 2. The zero-order chi connectivity index (χ0) is 15.4. The summed E-state index contributed by atoms with van der Waals surface area (Å²) in [6.45, 7) is 3.92. The lowest BCUT2D eigenvalue weighted by atomic mass is 10.0. The Bertz CT molecular complexity index is 619. The SMILES string of the molecule is Cc1ccc(C(=O)N(c2cccnc2)C2CCNCC2)cc1. The highest BCUT2D eigenvalue weighted by atomic mass is 16.2. The fraction of sp³-hybridized carbons (Fsp3) is 0.333. The van der Waals surface area contributed by atoms with Crippen molar-refractivity contribution in [2.24, 2.45) is 0 Å². The van der Waals surface area contributed by atoms with Gasteiger partial charge in [0.1, 0.15) is 0 Å². The fourth-order valence-electron chi connectivity index (χ4n) is 2.89. The van der Waals surface area contributed by atoms with E-state index in [1.165, 1.54) is 0 Å². The Kier molecular flexibility index (Phi) is 4.49. The Morgan fingerprint density at radius 3 is 2.55 bits per heavy atom. The molecule has 1 amide bonds. The lowest BCUT2D eigenvalue weighted by Crippen LogP contribution is -2.46. The van der Waals surface area contributed by atoms with Crippen LogP contribution in [-0.2, 0) is 0 Å². The monoisotopic (exact) mass is 295 g/mol. The molecule has 2 heterocycles. The van der Waals surface area contributed by atoms with E-state index in [0.717, 1.165) is 42.7 Å². The highest BCUT2D eigenvalue weighted by Crippen LogP contribution is 2.23. The topological polar surface area (TPSA) is 45.2 Å². The van der Waals surface area contributed by atoms with Gasteiger partial charge < -0.3 is 10.2 Å². The molecular formula is C18H21N3O. The molecule has 4 heteroatoms. The molecule has 3 rings (SSSR count). The van der Waals surface area contributed by atoms with Gasteiger partial charge in [0.25, 0.3) is 5.91 Å². The molecule has 4 nitrogen and oxygen atoms in total. The number of aryl methyl sites for hydroxylation is 1. The normalized spacial score (nSPS) is 15.5. The molecule has 1 aromatic heterocycles. The molecule has 0 radical (unpaired) electrons. The molecular weight excluding hydrogens is 274 g/mol. The van der Waals surface area contributed by atoms with Crippen molar-refractivity contribution in [3.63, 3.8) is 0 Å². The molecule has 0 unspecified atom stereocenters. The van der Waals surface area contributed by atoms with E-state index in [9.17, 15) is 4.79 Å². The summed E-state index contributed by atoms with van der Waals surface area (Å²) in [4.78, 5) is 19.1. The van der Waals surface area contributed by atoms with Crippen molar-refractivity contribution >= 4 is 11.6 Å². The predicted octanol–water partition coefficient (Wildman–Crippen LogP) is 2.79. The van der Waals surface area contributed by atoms with Crippen LogP contribution in [0.5, 0.6) is 0 Å². The molecule has 2 aromatic rings. The number of hydrogen-bond acceptors (Lipinski definition) is 3. The van der Waals surface area contributed by atoms with Crippen molar-refractivity contribution in [2.45, 2.75) is 25.8 Å². The van der Waals surface area contributed by atoms with Crippen molar-refractivity contribution in [1.82, 2.24) is 10.3 Å². The Labute approximate surface area is 131 Å². The van der Waals surface area contributed by atoms with Crippen molar-refractivity contribution in [3.8, 4) is 0 Å². The van der Waals surface area contributed by atoms with Crippen LogP contribution >= 0.6 is 0 Å². The third-order valence-electron chi connectivity index (χ3n) is 4.12. The summed E-state index contributed by atoms with van der Waals surface area (Å²) >= 11 is 0. The number of rotatable bonds is 3. The van der Waals surface area contributed by atoms with Crippen LogP contribution in [-0.4, -0.2) is 30.0 Å². The molecule has 0 saturated carbocycles. The number of anilines is 1. The molecule has 114 valence electrons. The zero-order valence-electron chi connectivity index (χ0n) is 12.8. The number of amides is 1. The minimum atomic E-state index is 0.0555. The third-order valence-corrected chi connectivity index (χ3v) is 4.12. The molecule has 22 heavy (non-hydrogen) atoms. The lowest BCUT2D eigenvalue weighted by molar-refractivity contribution is 0.0971. The molecule has 1 aromatic carbocycles. The number of carbonyl (C=O) groups is 1. The molecule has 0 aliphatic carbocycles. The second-order valence-electron chi connectivity index (χ2n) is 5.73. The lowest BCUT2D eigenvalue weighted by Gasteiger charge is -2.34. The van der Waals surface area contributed by atoms with E-state index in [1.54, 1.807) is 12.4 Å². The number of pyridine rings is 1. The van der Waals surface area contributed by atoms with Gasteiger partial charge in [-0.3, -0.25) is 9.78 Å². The van der Waals surface area contributed by atoms with Crippen LogP contribution in [0, 0.1) is 6.92 Å². The second-order valence-corrected chi connectivity index (χ2v) is 5.73. The Hall–Kier alpha value is -2.20. The van der Waals surface area contributed by atoms with Crippen molar-refractivity contribution < 1.29 is 4.79 Å². The van der Waals surface area contributed by atoms with Crippen LogP contribution in [0.25, 0.3) is 0 Å². The van der Waals surface area contributed by atoms with Gasteiger partial charge in [-0.15, -0.1) is 0 Å². The summed E-state index contributed by atoms with van der Waals surface area (Å²) in [5, 5.41) is 3.35. The number of aromatic nitrogens is 1. The van der Waals surface area contributed by atoms with E-state index < -0.39 is 0 Å². The standard InChI is InChI=1S/C18H21N3O/c1-14-4-6-15(7-5-14)18(22)21(16-8-11-19-12-9-16)17-3-2-10-20-13-17/h2-7,10,13,16,19H,8-9,11-12H2,1H3. The maximum Gasteiger partial charge on any atom is 0.258 e. The Morgan fingerprint density at radius 1 is 1.18 bits per heavy atom. The Balaban J connectivity index is 1.93. The van der Waals surface area contributed by atoms with Crippen LogP contribution in [0.1, 0.15) is 28.8 Å². The molecule has 1 fully saturated rings. The molecule has 1 aliphatic heterocycles. The van der Waals surface area contributed by atoms with Gasteiger partial charge in [0.2, 0.25) is 0 Å². The van der Waals surface area contributed by atoms with Gasteiger partial charge in [-0.05, 0) is 57.1 Å². The highest BCUT2D eigenvalue weighted by Gasteiger charge is 2.27. The number of carbonyl (C=O) groups excluding carboxylic acids is 1. The van der Waals surface area contributed by atoms with Gasteiger partial charge in [0, 0.05) is 17.8 Å². The molecule has 1 aliphatic rings. The Morgan fingerprint density at radius 2 is 1.91 bits per heavy atom. The van der Waals surface area contributed by atoms with Crippen LogP contribution in [0.2, 0.25) is 0 Å². The summed E-state index contributed by atoms with van der Waals surface area (Å²) in [7, 11) is 0. The number of nitrogens with one attached hydrogen (secondary N) is 1. The van der Waals surface area contributed by atoms with E-state index in [1.807, 2.05) is 48.2 Å². The average Bonchev–Trinajstić information content (AvgIpc) is 2.57. The van der Waals surface area contributed by atoms with Crippen LogP contribution < -0.4 is 10.2 Å². The van der Waals surface area contributed by atoms with Crippen LogP contribution in [0.15, 0.2) is 48.8 Å². The summed E-state index contributed by atoms with van der Waals surface area (Å²) < 4.78 is 0. The van der Waals surface area contributed by atoms with Crippen LogP contribution in [0.3, 0.4) is 0 Å². The molecule has 0 bridgehead atoms. The van der Waals surface area contributed by atoms with E-state index in [4.69, 9.17) is 0 Å². The molecule has 0 atom stereocenters. The maximum absolute atomic E-state index is 13.0. The zero-order valence-corrected chi connectivity index (χ0v) is 12.8. The van der Waals surface area contributed by atoms with Gasteiger partial charge in [-0.2, -0.15) is 0 Å². The molecule has 1 N–H and O–H groups in total. The number of hydrogen-bond donors (Lipinski definition) is 1. The van der Waals surface area contributed by atoms with Gasteiger partial charge >= 0.3 is 0 Å². The summed E-state index contributed by atoms with van der Waals surface area (Å²) in [5.41, 5.74) is 2.76. The fourth-order valence-corrected chi connectivity index (χ4v) is 2.89. The maximum atomic E-state index is 13.0. The summed E-state index contributed by atoms with van der Waals surface area (Å²) in [6.07, 6.45) is 5.44. The minimum Gasteiger partial charge on any atom is -0.317 e. The first-order valence-corrected chi connectivity index (χ1v) is 7.76. The first-order valence-electron chi connectivity index (χ1n) is 7.76. The third kappa shape index (κ3) is 3.17. The van der Waals surface area contributed by atoms with Gasteiger partial charge in [-0.1, -0.05) is 17.7 Å². The number of piperidine rings is 1. The van der Waals surface area contributed by atoms with Crippen molar-refractivity contribution in [3.05, 3.63) is 59.9 Å². The molecule has 0 spiro atoms. The van der Waals surface area contributed by atoms with Crippen LogP contribution in [0.4, 0.5) is 5.69 Å². The predicted molar refractivity (Wildman–Crippen MR) is 88.1 cm³/mol. The van der Waals surface area contributed by atoms with Gasteiger partial charge in [0.05, 0.1) is 11.9 Å². The first-order chi connectivity index (χ1) is 10.8. The van der Waals surface area contributed by atoms with Crippen molar-refractivity contribution in [1.29, 1.82) is 0 Å². The van der Waals surface area contributed by atoms with Gasteiger partial charge in [-0.25, -0.2) is 0 Å². The molecule has 1 saturated heterocycles. The second kappa shape index (κ2) is 6.71. The van der Waals surface area contributed by atoms with E-state index in [0.29, 0.717) is 0 Å². The largest absolute Gasteiger partial charge is 0.317 e.